The van der Waals surface area contributed by atoms with Crippen molar-refractivity contribution in [2.45, 2.75) is 17.7 Å². The van der Waals surface area contributed by atoms with Crippen LogP contribution >= 0.6 is 0 Å². The number of esters is 1. The van der Waals surface area contributed by atoms with Gasteiger partial charge in [0, 0.05) is 30.8 Å². The predicted octanol–water partition coefficient (Wildman–Crippen LogP) is 2.28. The van der Waals surface area contributed by atoms with Gasteiger partial charge in [0.2, 0.25) is 15.9 Å². The van der Waals surface area contributed by atoms with Crippen LogP contribution in [0.3, 0.4) is 0 Å². The first-order valence-electron chi connectivity index (χ1n) is 10.3. The third-order valence-electron chi connectivity index (χ3n) is 5.55. The van der Waals surface area contributed by atoms with E-state index in [1.807, 2.05) is 0 Å². The summed E-state index contributed by atoms with van der Waals surface area (Å²) in [6.45, 7) is 1.30. The van der Waals surface area contributed by atoms with Gasteiger partial charge in [-0.2, -0.15) is 4.31 Å². The van der Waals surface area contributed by atoms with E-state index in [9.17, 15) is 18.0 Å². The van der Waals surface area contributed by atoms with E-state index in [1.54, 1.807) is 30.3 Å². The quantitative estimate of drug-likeness (QED) is 0.682. The lowest BCUT2D eigenvalue weighted by molar-refractivity contribution is -0.120. The van der Waals surface area contributed by atoms with Crippen LogP contribution in [-0.4, -0.2) is 58.0 Å². The summed E-state index contributed by atoms with van der Waals surface area (Å²) in [6.07, 6.45) is 0.825. The minimum absolute atomic E-state index is 0.148. The Morgan fingerprint density at radius 2 is 1.66 bits per heavy atom. The topological polar surface area (TPSA) is 111 Å². The van der Waals surface area contributed by atoms with Crippen LogP contribution in [-0.2, 0) is 19.6 Å². The van der Waals surface area contributed by atoms with Crippen molar-refractivity contribution in [2.24, 2.45) is 5.92 Å². The molecule has 0 aliphatic carbocycles. The second kappa shape index (κ2) is 9.17. The van der Waals surface area contributed by atoms with Crippen LogP contribution in [0, 0.1) is 5.92 Å². The van der Waals surface area contributed by atoms with E-state index in [4.69, 9.17) is 9.47 Å². The van der Waals surface area contributed by atoms with Crippen LogP contribution in [0.25, 0.3) is 0 Å². The van der Waals surface area contributed by atoms with E-state index in [1.165, 1.54) is 23.5 Å². The maximum absolute atomic E-state index is 13.0. The molecule has 2 aromatic rings. The average molecular weight is 461 g/mol. The summed E-state index contributed by atoms with van der Waals surface area (Å²) in [7, 11) is -2.39. The number of hydrogen-bond acceptors (Lipinski definition) is 7. The summed E-state index contributed by atoms with van der Waals surface area (Å²) >= 11 is 0. The van der Waals surface area contributed by atoms with Gasteiger partial charge in [0.05, 0.1) is 17.6 Å². The summed E-state index contributed by atoms with van der Waals surface area (Å²) in [5.74, 6) is 0.0265. The Hall–Kier alpha value is -3.11. The van der Waals surface area contributed by atoms with Crippen molar-refractivity contribution in [2.75, 3.05) is 38.7 Å². The molecular formula is C22H24N2O7S. The minimum Gasteiger partial charge on any atom is -0.486 e. The van der Waals surface area contributed by atoms with Crippen molar-refractivity contribution in [1.82, 2.24) is 4.31 Å². The molecule has 1 fully saturated rings. The SMILES string of the molecule is COC(=O)c1ccc(NC(=O)C2CCN(S(=O)(=O)c3ccc4c(c3)OCCO4)CC2)cc1. The second-order valence-corrected chi connectivity index (χ2v) is 9.48. The molecular weight excluding hydrogens is 436 g/mol. The van der Waals surface area contributed by atoms with Crippen molar-refractivity contribution in [1.29, 1.82) is 0 Å². The molecule has 170 valence electrons. The van der Waals surface area contributed by atoms with Crippen LogP contribution in [0.4, 0.5) is 5.69 Å². The number of nitrogens with zero attached hydrogens (tertiary/aromatic N) is 1. The molecule has 2 aliphatic rings. The van der Waals surface area contributed by atoms with E-state index < -0.39 is 16.0 Å². The molecule has 32 heavy (non-hydrogen) atoms. The first-order chi connectivity index (χ1) is 15.4. The highest BCUT2D eigenvalue weighted by atomic mass is 32.2. The van der Waals surface area contributed by atoms with Gasteiger partial charge in [0.1, 0.15) is 13.2 Å². The standard InChI is InChI=1S/C22H24N2O7S/c1-29-22(26)16-2-4-17(5-3-16)23-21(25)15-8-10-24(11-9-15)32(27,28)18-6-7-19-20(14-18)31-13-12-30-19/h2-7,14-15H,8-13H2,1H3,(H,23,25). The summed E-state index contributed by atoms with van der Waals surface area (Å²) in [6, 6.07) is 11.0. The number of fused-ring (bicyclic) bond motifs is 1. The number of rotatable bonds is 5. The fourth-order valence-electron chi connectivity index (χ4n) is 3.74. The van der Waals surface area contributed by atoms with Gasteiger partial charge < -0.3 is 19.5 Å². The average Bonchev–Trinajstić information content (AvgIpc) is 2.83. The van der Waals surface area contributed by atoms with Gasteiger partial charge in [-0.1, -0.05) is 0 Å². The maximum Gasteiger partial charge on any atom is 0.337 e. The first-order valence-corrected chi connectivity index (χ1v) is 11.7. The molecule has 2 aromatic carbocycles. The lowest BCUT2D eigenvalue weighted by Crippen LogP contribution is -2.41. The van der Waals surface area contributed by atoms with Crippen molar-refractivity contribution < 1.29 is 32.2 Å². The van der Waals surface area contributed by atoms with Gasteiger partial charge in [-0.25, -0.2) is 13.2 Å². The van der Waals surface area contributed by atoms with Crippen LogP contribution in [0.5, 0.6) is 11.5 Å². The number of benzene rings is 2. The molecule has 0 unspecified atom stereocenters. The monoisotopic (exact) mass is 460 g/mol. The number of nitrogens with one attached hydrogen (secondary N) is 1. The fourth-order valence-corrected chi connectivity index (χ4v) is 5.23. The number of hydrogen-bond donors (Lipinski definition) is 1. The van der Waals surface area contributed by atoms with Gasteiger partial charge in [0.25, 0.3) is 0 Å². The number of piperidine rings is 1. The summed E-state index contributed by atoms with van der Waals surface area (Å²) < 4.78 is 43.1. The summed E-state index contributed by atoms with van der Waals surface area (Å²) in [5.41, 5.74) is 0.956. The molecule has 2 heterocycles. The molecule has 0 radical (unpaired) electrons. The molecule has 0 atom stereocenters. The fraction of sp³-hybridized carbons (Fsp3) is 0.364. The predicted molar refractivity (Wildman–Crippen MR) is 115 cm³/mol. The summed E-state index contributed by atoms with van der Waals surface area (Å²) in [4.78, 5) is 24.3. The largest absolute Gasteiger partial charge is 0.486 e. The third-order valence-corrected chi connectivity index (χ3v) is 7.44. The molecule has 4 rings (SSSR count). The normalized spacial score (nSPS) is 16.9. The molecule has 0 spiro atoms. The van der Waals surface area contributed by atoms with Gasteiger partial charge in [-0.05, 0) is 49.2 Å². The van der Waals surface area contributed by atoms with Crippen LogP contribution in [0.15, 0.2) is 47.4 Å². The summed E-state index contributed by atoms with van der Waals surface area (Å²) in [5, 5.41) is 2.83. The van der Waals surface area contributed by atoms with Crippen LogP contribution < -0.4 is 14.8 Å². The Morgan fingerprint density at radius 3 is 2.31 bits per heavy atom. The molecule has 0 bridgehead atoms. The molecule has 1 amide bonds. The van der Waals surface area contributed by atoms with Crippen molar-refractivity contribution >= 4 is 27.6 Å². The molecule has 10 heteroatoms. The number of carbonyl (C=O) groups is 2. The zero-order valence-electron chi connectivity index (χ0n) is 17.6. The highest BCUT2D eigenvalue weighted by Gasteiger charge is 2.33. The Balaban J connectivity index is 1.36. The van der Waals surface area contributed by atoms with Crippen LogP contribution in [0.2, 0.25) is 0 Å². The molecule has 0 aromatic heterocycles. The van der Waals surface area contributed by atoms with E-state index in [0.29, 0.717) is 48.8 Å². The molecule has 9 nitrogen and oxygen atoms in total. The lowest BCUT2D eigenvalue weighted by Gasteiger charge is -2.30. The second-order valence-electron chi connectivity index (χ2n) is 7.54. The molecule has 1 N–H and O–H groups in total. The van der Waals surface area contributed by atoms with Crippen molar-refractivity contribution in [3.8, 4) is 11.5 Å². The zero-order valence-corrected chi connectivity index (χ0v) is 18.4. The number of sulfonamides is 1. The zero-order chi connectivity index (χ0) is 22.7. The Labute approximate surface area is 186 Å². The van der Waals surface area contributed by atoms with E-state index >= 15 is 0 Å². The van der Waals surface area contributed by atoms with E-state index in [-0.39, 0.29) is 29.8 Å². The van der Waals surface area contributed by atoms with Crippen LogP contribution in [0.1, 0.15) is 23.2 Å². The number of methoxy groups -OCH3 is 1. The van der Waals surface area contributed by atoms with Gasteiger partial charge in [0.15, 0.2) is 11.5 Å². The number of ether oxygens (including phenoxy) is 3. The number of amides is 1. The van der Waals surface area contributed by atoms with Crippen molar-refractivity contribution in [3.05, 3.63) is 48.0 Å². The highest BCUT2D eigenvalue weighted by Crippen LogP contribution is 2.34. The minimum atomic E-state index is -3.70. The van der Waals surface area contributed by atoms with Gasteiger partial charge in [-0.15, -0.1) is 0 Å². The number of carbonyl (C=O) groups excluding carboxylic acids is 2. The molecule has 0 saturated carbocycles. The lowest BCUT2D eigenvalue weighted by atomic mass is 9.97. The maximum atomic E-state index is 13.0. The Bertz CT molecular complexity index is 1110. The first kappa shape index (κ1) is 22.1. The van der Waals surface area contributed by atoms with E-state index in [0.717, 1.165) is 0 Å². The highest BCUT2D eigenvalue weighted by molar-refractivity contribution is 7.89. The molecule has 2 aliphatic heterocycles. The van der Waals surface area contributed by atoms with E-state index in [2.05, 4.69) is 10.1 Å². The third kappa shape index (κ3) is 4.56. The molecule has 1 saturated heterocycles. The smallest absolute Gasteiger partial charge is 0.337 e. The number of anilines is 1. The Morgan fingerprint density at radius 1 is 1.00 bits per heavy atom. The van der Waals surface area contributed by atoms with Gasteiger partial charge in [-0.3, -0.25) is 4.79 Å². The van der Waals surface area contributed by atoms with Gasteiger partial charge >= 0.3 is 5.97 Å². The Kier molecular flexibility index (Phi) is 6.33. The van der Waals surface area contributed by atoms with Crippen molar-refractivity contribution in [3.63, 3.8) is 0 Å².